The normalized spacial score (nSPS) is 13.0. The fraction of sp³-hybridized carbons (Fsp3) is 0.190. The maximum Gasteiger partial charge on any atom is 0.303 e. The number of carboxylic acid groups (broad SMARTS) is 1. The van der Waals surface area contributed by atoms with Crippen LogP contribution in [-0.2, 0) is 19.2 Å². The summed E-state index contributed by atoms with van der Waals surface area (Å²) in [6.45, 7) is -0.543. The highest BCUT2D eigenvalue weighted by Gasteiger charge is 2.27. The Morgan fingerprint density at radius 1 is 1.03 bits per heavy atom. The van der Waals surface area contributed by atoms with Gasteiger partial charge in [0.25, 0.3) is 5.91 Å². The van der Waals surface area contributed by atoms with Gasteiger partial charge in [-0.1, -0.05) is 41.9 Å². The predicted molar refractivity (Wildman–Crippen MR) is 114 cm³/mol. The Morgan fingerprint density at radius 3 is 2.45 bits per heavy atom. The SMILES string of the molecule is O=C(O)CCC(=O)NNC(=O)CN1C(=O)CN=C(c2ccccc2)c2cc(Cl)ccc21. The number of aliphatic carboxylic acids is 1. The number of nitrogens with one attached hydrogen (secondary N) is 2. The molecule has 1 aliphatic rings. The van der Waals surface area contributed by atoms with Crippen molar-refractivity contribution in [1.82, 2.24) is 10.9 Å². The molecule has 2 aromatic carbocycles. The molecule has 0 unspecified atom stereocenters. The summed E-state index contributed by atoms with van der Waals surface area (Å²) in [5.41, 5.74) is 6.77. The van der Waals surface area contributed by atoms with Gasteiger partial charge in [0.15, 0.2) is 0 Å². The van der Waals surface area contributed by atoms with Crippen LogP contribution in [0.5, 0.6) is 0 Å². The number of nitrogens with zero attached hydrogens (tertiary/aromatic N) is 2. The van der Waals surface area contributed by atoms with Crippen LogP contribution in [-0.4, -0.2) is 47.6 Å². The van der Waals surface area contributed by atoms with Crippen LogP contribution in [0.4, 0.5) is 5.69 Å². The number of hydrazine groups is 1. The van der Waals surface area contributed by atoms with Crippen molar-refractivity contribution in [2.45, 2.75) is 12.8 Å². The highest BCUT2D eigenvalue weighted by Crippen LogP contribution is 2.29. The molecule has 160 valence electrons. The molecule has 10 heteroatoms. The second-order valence-electron chi connectivity index (χ2n) is 6.66. The fourth-order valence-corrected chi connectivity index (χ4v) is 3.18. The van der Waals surface area contributed by atoms with E-state index in [1.807, 2.05) is 30.3 Å². The molecule has 3 amide bonds. The maximum atomic E-state index is 12.7. The molecule has 3 rings (SSSR count). The first-order chi connectivity index (χ1) is 14.8. The third-order valence-corrected chi connectivity index (χ3v) is 4.67. The summed E-state index contributed by atoms with van der Waals surface area (Å²) in [7, 11) is 0. The molecule has 1 aliphatic heterocycles. The zero-order valence-electron chi connectivity index (χ0n) is 16.3. The smallest absolute Gasteiger partial charge is 0.303 e. The van der Waals surface area contributed by atoms with Crippen molar-refractivity contribution in [2.24, 2.45) is 4.99 Å². The predicted octanol–water partition coefficient (Wildman–Crippen LogP) is 1.54. The summed E-state index contributed by atoms with van der Waals surface area (Å²) >= 11 is 6.18. The van der Waals surface area contributed by atoms with Gasteiger partial charge in [0.2, 0.25) is 11.8 Å². The Labute approximate surface area is 182 Å². The van der Waals surface area contributed by atoms with Gasteiger partial charge < -0.3 is 10.0 Å². The molecule has 31 heavy (non-hydrogen) atoms. The number of carbonyl (C=O) groups is 4. The number of rotatable bonds is 6. The van der Waals surface area contributed by atoms with Crippen LogP contribution in [0.15, 0.2) is 53.5 Å². The van der Waals surface area contributed by atoms with E-state index in [1.54, 1.807) is 18.2 Å². The van der Waals surface area contributed by atoms with E-state index in [1.165, 1.54) is 4.90 Å². The van der Waals surface area contributed by atoms with Crippen molar-refractivity contribution in [3.05, 3.63) is 64.7 Å². The quantitative estimate of drug-likeness (QED) is 0.584. The van der Waals surface area contributed by atoms with Gasteiger partial charge >= 0.3 is 5.97 Å². The molecule has 0 spiro atoms. The van der Waals surface area contributed by atoms with Crippen molar-refractivity contribution in [2.75, 3.05) is 18.0 Å². The number of fused-ring (bicyclic) bond motifs is 1. The average molecular weight is 443 g/mol. The van der Waals surface area contributed by atoms with Crippen LogP contribution < -0.4 is 15.8 Å². The molecule has 0 aromatic heterocycles. The van der Waals surface area contributed by atoms with Crippen molar-refractivity contribution in [3.8, 4) is 0 Å². The summed E-state index contributed by atoms with van der Waals surface area (Å²) in [6, 6.07) is 14.2. The number of hydrogen-bond donors (Lipinski definition) is 3. The van der Waals surface area contributed by atoms with Gasteiger partial charge in [-0.05, 0) is 18.2 Å². The highest BCUT2D eigenvalue weighted by atomic mass is 35.5. The van der Waals surface area contributed by atoms with Gasteiger partial charge in [-0.2, -0.15) is 0 Å². The summed E-state index contributed by atoms with van der Waals surface area (Å²) < 4.78 is 0. The number of amides is 3. The maximum absolute atomic E-state index is 12.7. The van der Waals surface area contributed by atoms with Crippen molar-refractivity contribution in [3.63, 3.8) is 0 Å². The van der Waals surface area contributed by atoms with E-state index in [9.17, 15) is 19.2 Å². The molecule has 9 nitrogen and oxygen atoms in total. The number of carbonyl (C=O) groups excluding carboxylic acids is 3. The summed E-state index contributed by atoms with van der Waals surface area (Å²) in [4.78, 5) is 52.9. The standard InChI is InChI=1S/C21H19ClN4O5/c22-14-6-7-16-15(10-14)21(13-4-2-1-3-5-13)23-11-19(29)26(16)12-18(28)25-24-17(27)8-9-20(30)31/h1-7,10H,8-9,11-12H2,(H,24,27)(H,25,28)(H,30,31). The van der Waals surface area contributed by atoms with E-state index < -0.39 is 23.7 Å². The molecule has 0 radical (unpaired) electrons. The topological polar surface area (TPSA) is 128 Å². The van der Waals surface area contributed by atoms with Gasteiger partial charge in [0, 0.05) is 22.6 Å². The van der Waals surface area contributed by atoms with E-state index in [0.29, 0.717) is 22.0 Å². The molecule has 0 saturated heterocycles. The van der Waals surface area contributed by atoms with Crippen LogP contribution in [0.3, 0.4) is 0 Å². The van der Waals surface area contributed by atoms with Gasteiger partial charge in [0.05, 0.1) is 17.8 Å². The number of halogens is 1. The van der Waals surface area contributed by atoms with Crippen LogP contribution >= 0.6 is 11.6 Å². The minimum absolute atomic E-state index is 0.172. The number of benzodiazepines with no additional fused rings is 1. The third-order valence-electron chi connectivity index (χ3n) is 4.43. The lowest BCUT2D eigenvalue weighted by Gasteiger charge is -2.23. The zero-order valence-corrected chi connectivity index (χ0v) is 17.1. The molecular formula is C21H19ClN4O5. The second kappa shape index (κ2) is 9.86. The number of benzene rings is 2. The van der Waals surface area contributed by atoms with Crippen molar-refractivity contribution < 1.29 is 24.3 Å². The van der Waals surface area contributed by atoms with Crippen LogP contribution in [0.2, 0.25) is 5.02 Å². The summed E-state index contributed by atoms with van der Waals surface area (Å²) in [5.74, 6) is -2.83. The number of aliphatic imine (C=N–C) groups is 1. The molecule has 2 aromatic rings. The van der Waals surface area contributed by atoms with Gasteiger partial charge in [-0.25, -0.2) is 0 Å². The summed E-state index contributed by atoms with van der Waals surface area (Å²) in [5, 5.41) is 9.05. The minimum Gasteiger partial charge on any atom is -0.481 e. The minimum atomic E-state index is -1.12. The van der Waals surface area contributed by atoms with E-state index in [-0.39, 0.29) is 25.9 Å². The summed E-state index contributed by atoms with van der Waals surface area (Å²) in [6.07, 6.45) is -0.645. The van der Waals surface area contributed by atoms with Crippen molar-refractivity contribution >= 4 is 46.7 Å². The third kappa shape index (κ3) is 5.67. The van der Waals surface area contributed by atoms with E-state index in [0.717, 1.165) is 5.56 Å². The highest BCUT2D eigenvalue weighted by molar-refractivity contribution is 6.32. The van der Waals surface area contributed by atoms with Gasteiger partial charge in [-0.15, -0.1) is 0 Å². The van der Waals surface area contributed by atoms with Gasteiger partial charge in [-0.3, -0.25) is 35.0 Å². The second-order valence-corrected chi connectivity index (χ2v) is 7.10. The zero-order chi connectivity index (χ0) is 22.4. The molecule has 0 fully saturated rings. The number of carboxylic acids is 1. The first-order valence-corrected chi connectivity index (χ1v) is 9.72. The molecule has 0 saturated carbocycles. The number of hydrogen-bond acceptors (Lipinski definition) is 5. The Balaban J connectivity index is 1.80. The Bertz CT molecular complexity index is 1050. The largest absolute Gasteiger partial charge is 0.481 e. The lowest BCUT2D eigenvalue weighted by atomic mass is 10.00. The molecule has 0 atom stereocenters. The lowest BCUT2D eigenvalue weighted by Crippen LogP contribution is -2.48. The average Bonchev–Trinajstić information content (AvgIpc) is 2.88. The fourth-order valence-electron chi connectivity index (χ4n) is 3.01. The van der Waals surface area contributed by atoms with E-state index >= 15 is 0 Å². The van der Waals surface area contributed by atoms with Crippen LogP contribution in [0.1, 0.15) is 24.0 Å². The van der Waals surface area contributed by atoms with E-state index in [4.69, 9.17) is 16.7 Å². The van der Waals surface area contributed by atoms with Crippen molar-refractivity contribution in [1.29, 1.82) is 0 Å². The molecule has 0 aliphatic carbocycles. The molecule has 1 heterocycles. The Morgan fingerprint density at radius 2 is 1.74 bits per heavy atom. The van der Waals surface area contributed by atoms with Crippen LogP contribution in [0, 0.1) is 0 Å². The Kier molecular flexibility index (Phi) is 6.99. The first kappa shape index (κ1) is 22.0. The molecule has 0 bridgehead atoms. The lowest BCUT2D eigenvalue weighted by molar-refractivity contribution is -0.139. The molecular weight excluding hydrogens is 424 g/mol. The number of anilines is 1. The first-order valence-electron chi connectivity index (χ1n) is 9.35. The van der Waals surface area contributed by atoms with Gasteiger partial charge in [0.1, 0.15) is 13.1 Å². The molecule has 3 N–H and O–H groups in total. The van der Waals surface area contributed by atoms with E-state index in [2.05, 4.69) is 15.8 Å². The Hall–Kier alpha value is -3.72. The monoisotopic (exact) mass is 442 g/mol. The van der Waals surface area contributed by atoms with Crippen LogP contribution in [0.25, 0.3) is 0 Å².